The fourth-order valence-electron chi connectivity index (χ4n) is 3.70. The van der Waals surface area contributed by atoms with Crippen molar-refractivity contribution in [3.8, 4) is 0 Å². The van der Waals surface area contributed by atoms with Gasteiger partial charge in [0.25, 0.3) is 5.91 Å². The molecule has 2 aliphatic rings. The molecule has 3 amide bonds. The first-order chi connectivity index (χ1) is 13.1. The Morgan fingerprint density at radius 1 is 1.07 bits per heavy atom. The maximum Gasteiger partial charge on any atom is 0.290 e. The van der Waals surface area contributed by atoms with Crippen molar-refractivity contribution in [1.29, 1.82) is 0 Å². The number of nitrogens with one attached hydrogen (secondary N) is 1. The minimum atomic E-state index is -0.512. The van der Waals surface area contributed by atoms with Gasteiger partial charge in [-0.05, 0) is 55.7 Å². The summed E-state index contributed by atoms with van der Waals surface area (Å²) in [4.78, 5) is 40.3. The first kappa shape index (κ1) is 17.3. The number of carbonyl (C=O) groups is 3. The number of amides is 3. The van der Waals surface area contributed by atoms with Crippen molar-refractivity contribution in [3.63, 3.8) is 0 Å². The number of benzene rings is 1. The zero-order valence-corrected chi connectivity index (χ0v) is 14.9. The highest BCUT2D eigenvalue weighted by molar-refractivity contribution is 6.01. The van der Waals surface area contributed by atoms with Crippen molar-refractivity contribution >= 4 is 29.1 Å². The summed E-state index contributed by atoms with van der Waals surface area (Å²) in [5.41, 5.74) is 1.48. The summed E-state index contributed by atoms with van der Waals surface area (Å²) in [6.45, 7) is 1.27. The van der Waals surface area contributed by atoms with Crippen LogP contribution in [0, 0.1) is 0 Å². The number of hydrogen-bond donors (Lipinski definition) is 1. The van der Waals surface area contributed by atoms with Gasteiger partial charge in [0.2, 0.25) is 11.8 Å². The van der Waals surface area contributed by atoms with Crippen LogP contribution in [-0.2, 0) is 9.59 Å². The minimum Gasteiger partial charge on any atom is -0.459 e. The third-order valence-corrected chi connectivity index (χ3v) is 5.07. The summed E-state index contributed by atoms with van der Waals surface area (Å²) in [6.07, 6.45) is 4.31. The molecule has 4 rings (SSSR count). The number of likely N-dealkylation sites (tertiary alicyclic amines) is 1. The lowest BCUT2D eigenvalue weighted by Crippen LogP contribution is -2.43. The fraction of sp³-hybridized carbons (Fsp3) is 0.350. The highest BCUT2D eigenvalue weighted by Gasteiger charge is 2.35. The number of rotatable bonds is 4. The van der Waals surface area contributed by atoms with E-state index in [0.29, 0.717) is 25.1 Å². The van der Waals surface area contributed by atoms with Gasteiger partial charge in [-0.25, -0.2) is 0 Å². The van der Waals surface area contributed by atoms with Gasteiger partial charge in [-0.3, -0.25) is 14.4 Å². The standard InChI is InChI=1S/C20H21N3O4/c24-18-6-2-11-22(18)15-9-7-14(8-10-15)21-19(25)16-4-1-12-23(16)20(26)17-5-3-13-27-17/h3,5,7-10,13,16H,1-2,4,6,11-12H2,(H,21,25). The Hall–Kier alpha value is -3.09. The first-order valence-electron chi connectivity index (χ1n) is 9.19. The largest absolute Gasteiger partial charge is 0.459 e. The highest BCUT2D eigenvalue weighted by atomic mass is 16.3. The SMILES string of the molecule is O=C(Nc1ccc(N2CCCC2=O)cc1)C1CCCN1C(=O)c1ccco1. The van der Waals surface area contributed by atoms with E-state index < -0.39 is 6.04 Å². The quantitative estimate of drug-likeness (QED) is 0.901. The number of carbonyl (C=O) groups excluding carboxylic acids is 3. The van der Waals surface area contributed by atoms with Crippen LogP contribution in [0.3, 0.4) is 0 Å². The van der Waals surface area contributed by atoms with Gasteiger partial charge in [-0.15, -0.1) is 0 Å². The molecule has 3 heterocycles. The monoisotopic (exact) mass is 367 g/mol. The lowest BCUT2D eigenvalue weighted by Gasteiger charge is -2.23. The predicted octanol–water partition coefficient (Wildman–Crippen LogP) is 2.65. The Labute approximate surface area is 156 Å². The molecule has 0 aliphatic carbocycles. The fourth-order valence-corrected chi connectivity index (χ4v) is 3.70. The zero-order chi connectivity index (χ0) is 18.8. The summed E-state index contributed by atoms with van der Waals surface area (Å²) in [7, 11) is 0. The maximum atomic E-state index is 12.7. The van der Waals surface area contributed by atoms with Crippen LogP contribution in [0.1, 0.15) is 36.2 Å². The van der Waals surface area contributed by atoms with Crippen LogP contribution in [-0.4, -0.2) is 41.8 Å². The van der Waals surface area contributed by atoms with Crippen LogP contribution in [0.25, 0.3) is 0 Å². The van der Waals surface area contributed by atoms with Crippen LogP contribution in [0.2, 0.25) is 0 Å². The Morgan fingerprint density at radius 3 is 2.56 bits per heavy atom. The minimum absolute atomic E-state index is 0.129. The molecule has 1 unspecified atom stereocenters. The average Bonchev–Trinajstić information content (AvgIpc) is 3.43. The van der Waals surface area contributed by atoms with Gasteiger partial charge >= 0.3 is 0 Å². The van der Waals surface area contributed by atoms with E-state index in [-0.39, 0.29) is 23.5 Å². The van der Waals surface area contributed by atoms with Crippen molar-refractivity contribution in [3.05, 3.63) is 48.4 Å². The van der Waals surface area contributed by atoms with Gasteiger partial charge in [0.1, 0.15) is 6.04 Å². The Morgan fingerprint density at radius 2 is 1.89 bits per heavy atom. The molecule has 27 heavy (non-hydrogen) atoms. The van der Waals surface area contributed by atoms with Crippen LogP contribution < -0.4 is 10.2 Å². The Bertz CT molecular complexity index is 845. The summed E-state index contributed by atoms with van der Waals surface area (Å²) in [6, 6.07) is 9.98. The van der Waals surface area contributed by atoms with Gasteiger partial charge < -0.3 is 19.5 Å². The summed E-state index contributed by atoms with van der Waals surface area (Å²) in [5, 5.41) is 2.88. The molecule has 7 heteroatoms. The van der Waals surface area contributed by atoms with Gasteiger partial charge in [-0.2, -0.15) is 0 Å². The summed E-state index contributed by atoms with van der Waals surface area (Å²) < 4.78 is 5.17. The second kappa shape index (κ2) is 7.26. The van der Waals surface area contributed by atoms with Crippen LogP contribution in [0.15, 0.2) is 47.1 Å². The smallest absolute Gasteiger partial charge is 0.290 e. The van der Waals surface area contributed by atoms with Gasteiger partial charge in [0, 0.05) is 30.9 Å². The lowest BCUT2D eigenvalue weighted by atomic mass is 10.2. The topological polar surface area (TPSA) is 82.9 Å². The second-order valence-electron chi connectivity index (χ2n) is 6.82. The molecule has 0 bridgehead atoms. The third kappa shape index (κ3) is 3.45. The number of furan rings is 1. The molecule has 1 aromatic heterocycles. The lowest BCUT2D eigenvalue weighted by molar-refractivity contribution is -0.120. The van der Waals surface area contributed by atoms with Crippen LogP contribution >= 0.6 is 0 Å². The summed E-state index contributed by atoms with van der Waals surface area (Å²) in [5.74, 6) is -0.0999. The van der Waals surface area contributed by atoms with E-state index in [1.54, 1.807) is 34.1 Å². The highest BCUT2D eigenvalue weighted by Crippen LogP contribution is 2.25. The van der Waals surface area contributed by atoms with Crippen molar-refractivity contribution in [2.24, 2.45) is 0 Å². The molecule has 0 radical (unpaired) electrons. The van der Waals surface area contributed by atoms with Crippen molar-refractivity contribution in [1.82, 2.24) is 4.90 Å². The molecule has 0 spiro atoms. The van der Waals surface area contributed by atoms with Gasteiger partial charge in [0.05, 0.1) is 6.26 Å². The Balaban J connectivity index is 1.42. The number of anilines is 2. The Kier molecular flexibility index (Phi) is 4.66. The average molecular weight is 367 g/mol. The normalized spacial score (nSPS) is 19.6. The molecule has 1 atom stereocenters. The molecule has 2 fully saturated rings. The number of nitrogens with zero attached hydrogens (tertiary/aromatic N) is 2. The molecule has 140 valence electrons. The molecule has 7 nitrogen and oxygen atoms in total. The molecular weight excluding hydrogens is 346 g/mol. The van der Waals surface area contributed by atoms with E-state index in [1.165, 1.54) is 6.26 Å². The first-order valence-corrected chi connectivity index (χ1v) is 9.19. The molecule has 1 aromatic carbocycles. The zero-order valence-electron chi connectivity index (χ0n) is 14.9. The van der Waals surface area contributed by atoms with Gasteiger partial charge in [0.15, 0.2) is 5.76 Å². The molecule has 1 N–H and O–H groups in total. The molecule has 2 aliphatic heterocycles. The summed E-state index contributed by atoms with van der Waals surface area (Å²) >= 11 is 0. The van der Waals surface area contributed by atoms with Gasteiger partial charge in [-0.1, -0.05) is 0 Å². The maximum absolute atomic E-state index is 12.7. The van der Waals surface area contributed by atoms with Crippen molar-refractivity contribution in [2.45, 2.75) is 31.7 Å². The molecular formula is C20H21N3O4. The molecule has 0 saturated carbocycles. The second-order valence-corrected chi connectivity index (χ2v) is 6.82. The molecule has 2 saturated heterocycles. The van der Waals surface area contributed by atoms with Crippen LogP contribution in [0.4, 0.5) is 11.4 Å². The van der Waals surface area contributed by atoms with E-state index in [1.807, 2.05) is 12.1 Å². The van der Waals surface area contributed by atoms with Crippen LogP contribution in [0.5, 0.6) is 0 Å². The van der Waals surface area contributed by atoms with Crippen molar-refractivity contribution in [2.75, 3.05) is 23.3 Å². The van der Waals surface area contributed by atoms with E-state index >= 15 is 0 Å². The molecule has 2 aromatic rings. The van der Waals surface area contributed by atoms with E-state index in [0.717, 1.165) is 25.1 Å². The van der Waals surface area contributed by atoms with E-state index in [4.69, 9.17) is 4.42 Å². The predicted molar refractivity (Wildman–Crippen MR) is 99.4 cm³/mol. The van der Waals surface area contributed by atoms with Crippen molar-refractivity contribution < 1.29 is 18.8 Å². The third-order valence-electron chi connectivity index (χ3n) is 5.07. The van der Waals surface area contributed by atoms with E-state index in [9.17, 15) is 14.4 Å². The van der Waals surface area contributed by atoms with E-state index in [2.05, 4.69) is 5.32 Å². The number of hydrogen-bond acceptors (Lipinski definition) is 4.